The molecule has 0 saturated carbocycles. The van der Waals surface area contributed by atoms with Crippen molar-refractivity contribution in [2.75, 3.05) is 24.6 Å². The summed E-state index contributed by atoms with van der Waals surface area (Å²) < 4.78 is 23.4. The molecular formula is C11H11BrClNO3S. The predicted octanol–water partition coefficient (Wildman–Crippen LogP) is 1.97. The second-order valence-electron chi connectivity index (χ2n) is 4.07. The van der Waals surface area contributed by atoms with Crippen molar-refractivity contribution >= 4 is 43.3 Å². The minimum atomic E-state index is -2.98. The van der Waals surface area contributed by atoms with Crippen LogP contribution in [0.4, 0.5) is 0 Å². The highest BCUT2D eigenvalue weighted by Crippen LogP contribution is 2.23. The molecule has 0 atom stereocenters. The van der Waals surface area contributed by atoms with Gasteiger partial charge in [-0.3, -0.25) is 4.79 Å². The van der Waals surface area contributed by atoms with E-state index in [1.165, 1.54) is 4.90 Å². The van der Waals surface area contributed by atoms with Crippen LogP contribution in [-0.4, -0.2) is 43.8 Å². The fourth-order valence-corrected chi connectivity index (χ4v) is 3.70. The maximum atomic E-state index is 12.2. The fourth-order valence-electron chi connectivity index (χ4n) is 1.75. The molecule has 1 heterocycles. The number of carbonyl (C=O) groups excluding carboxylic acids is 1. The molecule has 1 amide bonds. The van der Waals surface area contributed by atoms with Crippen LogP contribution in [-0.2, 0) is 9.84 Å². The molecule has 0 radical (unpaired) electrons. The molecule has 0 bridgehead atoms. The van der Waals surface area contributed by atoms with Gasteiger partial charge in [-0.2, -0.15) is 0 Å². The Bertz CT molecular complexity index is 574. The Morgan fingerprint density at radius 1 is 1.28 bits per heavy atom. The molecule has 1 saturated heterocycles. The van der Waals surface area contributed by atoms with E-state index in [1.807, 2.05) is 0 Å². The van der Waals surface area contributed by atoms with Crippen LogP contribution in [0.2, 0.25) is 5.02 Å². The molecule has 0 N–H and O–H groups in total. The summed E-state index contributed by atoms with van der Waals surface area (Å²) in [7, 11) is -2.98. The van der Waals surface area contributed by atoms with E-state index in [0.717, 1.165) is 4.47 Å². The second kappa shape index (κ2) is 5.19. The van der Waals surface area contributed by atoms with Crippen molar-refractivity contribution in [2.24, 2.45) is 0 Å². The fraction of sp³-hybridized carbons (Fsp3) is 0.364. The molecule has 2 rings (SSSR count). The van der Waals surface area contributed by atoms with Crippen LogP contribution in [0, 0.1) is 0 Å². The van der Waals surface area contributed by atoms with Crippen LogP contribution in [0.15, 0.2) is 22.7 Å². The Morgan fingerprint density at radius 3 is 2.44 bits per heavy atom. The number of halogens is 2. The number of hydrogen-bond donors (Lipinski definition) is 0. The van der Waals surface area contributed by atoms with Crippen LogP contribution in [0.1, 0.15) is 10.4 Å². The van der Waals surface area contributed by atoms with E-state index in [4.69, 9.17) is 11.6 Å². The third-order valence-electron chi connectivity index (χ3n) is 2.79. The largest absolute Gasteiger partial charge is 0.337 e. The first-order chi connectivity index (χ1) is 8.39. The quantitative estimate of drug-likeness (QED) is 0.776. The molecule has 7 heteroatoms. The average molecular weight is 353 g/mol. The van der Waals surface area contributed by atoms with Crippen molar-refractivity contribution < 1.29 is 13.2 Å². The summed E-state index contributed by atoms with van der Waals surface area (Å²) in [5.41, 5.74) is 0.402. The number of carbonyl (C=O) groups is 1. The van der Waals surface area contributed by atoms with Crippen LogP contribution < -0.4 is 0 Å². The predicted molar refractivity (Wildman–Crippen MR) is 73.7 cm³/mol. The van der Waals surface area contributed by atoms with Gasteiger partial charge in [0.1, 0.15) is 0 Å². The van der Waals surface area contributed by atoms with E-state index in [9.17, 15) is 13.2 Å². The van der Waals surface area contributed by atoms with E-state index in [2.05, 4.69) is 15.9 Å². The van der Waals surface area contributed by atoms with Gasteiger partial charge >= 0.3 is 0 Å². The topological polar surface area (TPSA) is 54.5 Å². The third-order valence-corrected chi connectivity index (χ3v) is 5.21. The number of amides is 1. The zero-order valence-corrected chi connectivity index (χ0v) is 12.6. The van der Waals surface area contributed by atoms with E-state index in [0.29, 0.717) is 10.6 Å². The van der Waals surface area contributed by atoms with Crippen molar-refractivity contribution in [3.63, 3.8) is 0 Å². The van der Waals surface area contributed by atoms with Gasteiger partial charge in [0.2, 0.25) is 0 Å². The van der Waals surface area contributed by atoms with Gasteiger partial charge in [0.05, 0.1) is 22.1 Å². The number of nitrogens with zero attached hydrogens (tertiary/aromatic N) is 1. The van der Waals surface area contributed by atoms with Gasteiger partial charge in [-0.25, -0.2) is 8.42 Å². The summed E-state index contributed by atoms with van der Waals surface area (Å²) in [5.74, 6) is -0.179. The second-order valence-corrected chi connectivity index (χ2v) is 7.69. The zero-order chi connectivity index (χ0) is 13.3. The van der Waals surface area contributed by atoms with Crippen molar-refractivity contribution in [1.82, 2.24) is 4.90 Å². The Kier molecular flexibility index (Phi) is 3.99. The van der Waals surface area contributed by atoms with Crippen molar-refractivity contribution in [3.05, 3.63) is 33.3 Å². The average Bonchev–Trinajstić information content (AvgIpc) is 2.28. The minimum Gasteiger partial charge on any atom is -0.337 e. The third kappa shape index (κ3) is 3.05. The molecule has 1 aromatic rings. The summed E-state index contributed by atoms with van der Waals surface area (Å²) in [5, 5.41) is 0.364. The van der Waals surface area contributed by atoms with Gasteiger partial charge in [0.25, 0.3) is 5.91 Å². The van der Waals surface area contributed by atoms with Gasteiger partial charge in [-0.15, -0.1) is 0 Å². The number of hydrogen-bond acceptors (Lipinski definition) is 3. The van der Waals surface area contributed by atoms with Gasteiger partial charge in [0, 0.05) is 17.6 Å². The zero-order valence-electron chi connectivity index (χ0n) is 9.40. The Hall–Kier alpha value is -0.590. The van der Waals surface area contributed by atoms with Crippen LogP contribution in [0.25, 0.3) is 0 Å². The summed E-state index contributed by atoms with van der Waals surface area (Å²) in [6.45, 7) is 0.459. The van der Waals surface area contributed by atoms with E-state index < -0.39 is 9.84 Å². The number of sulfone groups is 1. The van der Waals surface area contributed by atoms with E-state index in [-0.39, 0.29) is 30.5 Å². The van der Waals surface area contributed by atoms with Gasteiger partial charge in [0.15, 0.2) is 9.84 Å². The summed E-state index contributed by atoms with van der Waals surface area (Å²) >= 11 is 9.27. The molecule has 1 aliphatic rings. The maximum absolute atomic E-state index is 12.2. The molecular weight excluding hydrogens is 342 g/mol. The molecule has 0 unspecified atom stereocenters. The van der Waals surface area contributed by atoms with Crippen LogP contribution >= 0.6 is 27.5 Å². The normalized spacial score (nSPS) is 18.7. The number of benzene rings is 1. The molecule has 1 aliphatic heterocycles. The molecule has 98 valence electrons. The van der Waals surface area contributed by atoms with Crippen molar-refractivity contribution in [1.29, 1.82) is 0 Å². The molecule has 0 aromatic heterocycles. The summed E-state index contributed by atoms with van der Waals surface area (Å²) in [4.78, 5) is 13.7. The maximum Gasteiger partial charge on any atom is 0.255 e. The van der Waals surface area contributed by atoms with Gasteiger partial charge < -0.3 is 4.90 Å². The summed E-state index contributed by atoms with van der Waals surface area (Å²) in [6, 6.07) is 5.02. The Labute approximate surface area is 119 Å². The molecule has 0 aliphatic carbocycles. The summed E-state index contributed by atoms with van der Waals surface area (Å²) in [6.07, 6.45) is 0. The SMILES string of the molecule is O=C(c1ccc(Br)cc1Cl)N1CCS(=O)(=O)CC1. The lowest BCUT2D eigenvalue weighted by atomic mass is 10.2. The van der Waals surface area contributed by atoms with Crippen LogP contribution in [0.5, 0.6) is 0 Å². The van der Waals surface area contributed by atoms with Crippen molar-refractivity contribution in [2.45, 2.75) is 0 Å². The molecule has 0 spiro atoms. The highest BCUT2D eigenvalue weighted by Gasteiger charge is 2.26. The minimum absolute atomic E-state index is 0.0207. The molecule has 1 fully saturated rings. The standard InChI is InChI=1S/C11H11BrClNO3S/c12-8-1-2-9(10(13)7-8)11(15)14-3-5-18(16,17)6-4-14/h1-2,7H,3-6H2. The van der Waals surface area contributed by atoms with Gasteiger partial charge in [-0.1, -0.05) is 27.5 Å². The Morgan fingerprint density at radius 2 is 1.89 bits per heavy atom. The Balaban J connectivity index is 2.17. The highest BCUT2D eigenvalue weighted by atomic mass is 79.9. The lowest BCUT2D eigenvalue weighted by Gasteiger charge is -2.27. The number of rotatable bonds is 1. The van der Waals surface area contributed by atoms with Gasteiger partial charge in [-0.05, 0) is 18.2 Å². The smallest absolute Gasteiger partial charge is 0.255 e. The van der Waals surface area contributed by atoms with Crippen LogP contribution in [0.3, 0.4) is 0 Å². The monoisotopic (exact) mass is 351 g/mol. The van der Waals surface area contributed by atoms with E-state index >= 15 is 0 Å². The first kappa shape index (κ1) is 13.8. The molecule has 4 nitrogen and oxygen atoms in total. The lowest BCUT2D eigenvalue weighted by molar-refractivity contribution is 0.0770. The van der Waals surface area contributed by atoms with E-state index in [1.54, 1.807) is 18.2 Å². The highest BCUT2D eigenvalue weighted by molar-refractivity contribution is 9.10. The lowest BCUT2D eigenvalue weighted by Crippen LogP contribution is -2.43. The van der Waals surface area contributed by atoms with Crippen molar-refractivity contribution in [3.8, 4) is 0 Å². The molecule has 18 heavy (non-hydrogen) atoms. The molecule has 1 aromatic carbocycles. The first-order valence-electron chi connectivity index (χ1n) is 5.34. The first-order valence-corrected chi connectivity index (χ1v) is 8.33.